The first-order valence-electron chi connectivity index (χ1n) is 11.4. The average molecular weight is 534 g/mol. The van der Waals surface area contributed by atoms with Crippen LogP contribution in [-0.2, 0) is 17.5 Å². The zero-order valence-corrected chi connectivity index (χ0v) is 21.1. The highest BCUT2D eigenvalue weighted by atomic mass is 35.5. The highest BCUT2D eigenvalue weighted by Gasteiger charge is 2.34. The molecule has 0 saturated carbocycles. The second-order valence-corrected chi connectivity index (χ2v) is 10.5. The molecule has 1 fully saturated rings. The van der Waals surface area contributed by atoms with Crippen molar-refractivity contribution in [1.29, 1.82) is 0 Å². The monoisotopic (exact) mass is 533 g/mol. The number of alkyl halides is 3. The molecule has 2 aliphatic heterocycles. The van der Waals surface area contributed by atoms with Gasteiger partial charge >= 0.3 is 6.18 Å². The van der Waals surface area contributed by atoms with Crippen LogP contribution in [0.2, 0.25) is 5.02 Å². The summed E-state index contributed by atoms with van der Waals surface area (Å²) in [6.07, 6.45) is -1.12. The quantitative estimate of drug-likeness (QED) is 0.475. The van der Waals surface area contributed by atoms with Gasteiger partial charge in [0.15, 0.2) is 0 Å². The van der Waals surface area contributed by atoms with E-state index in [1.54, 1.807) is 18.3 Å². The molecule has 188 valence electrons. The molecule has 3 aromatic rings. The van der Waals surface area contributed by atoms with Crippen molar-refractivity contribution in [3.05, 3.63) is 69.2 Å². The van der Waals surface area contributed by atoms with Gasteiger partial charge in [-0.05, 0) is 55.4 Å². The second kappa shape index (κ2) is 9.66. The summed E-state index contributed by atoms with van der Waals surface area (Å²) in [6.45, 7) is 3.68. The second-order valence-electron chi connectivity index (χ2n) is 9.05. The summed E-state index contributed by atoms with van der Waals surface area (Å²) in [5.74, 6) is -0.264. The highest BCUT2D eigenvalue weighted by molar-refractivity contribution is 8.18. The number of hydrogen-bond donors (Lipinski definition) is 1. The van der Waals surface area contributed by atoms with Gasteiger partial charge in [0.25, 0.3) is 5.91 Å². The maximum absolute atomic E-state index is 13.5. The van der Waals surface area contributed by atoms with Crippen molar-refractivity contribution in [2.45, 2.75) is 31.7 Å². The van der Waals surface area contributed by atoms with Crippen molar-refractivity contribution < 1.29 is 18.0 Å². The van der Waals surface area contributed by atoms with Gasteiger partial charge in [-0.15, -0.1) is 0 Å². The number of hydrogen-bond acceptors (Lipinski definition) is 5. The lowest BCUT2D eigenvalue weighted by atomic mass is 10.1. The number of fused-ring (bicyclic) bond motifs is 1. The minimum absolute atomic E-state index is 0.0292. The van der Waals surface area contributed by atoms with Crippen molar-refractivity contribution >= 4 is 51.3 Å². The smallest absolute Gasteiger partial charge is 0.311 e. The molecule has 0 bridgehead atoms. The Labute approximate surface area is 215 Å². The van der Waals surface area contributed by atoms with E-state index in [0.29, 0.717) is 16.5 Å². The fourth-order valence-corrected chi connectivity index (χ4v) is 5.77. The van der Waals surface area contributed by atoms with E-state index in [2.05, 4.69) is 27.2 Å². The van der Waals surface area contributed by atoms with Crippen LogP contribution in [0.5, 0.6) is 0 Å². The number of thioether (sulfide) groups is 1. The Morgan fingerprint density at radius 3 is 2.81 bits per heavy atom. The summed E-state index contributed by atoms with van der Waals surface area (Å²) >= 11 is 7.18. The van der Waals surface area contributed by atoms with Crippen LogP contribution in [0.3, 0.4) is 0 Å². The molecule has 5 rings (SSSR count). The molecule has 0 radical (unpaired) electrons. The predicted molar refractivity (Wildman–Crippen MR) is 137 cm³/mol. The number of carbonyl (C=O) groups excluding carboxylic acids is 1. The first kappa shape index (κ1) is 25.0. The number of amides is 1. The summed E-state index contributed by atoms with van der Waals surface area (Å²) in [4.78, 5) is 19.6. The maximum Gasteiger partial charge on any atom is 0.416 e. The van der Waals surface area contributed by atoms with E-state index in [4.69, 9.17) is 11.6 Å². The summed E-state index contributed by atoms with van der Waals surface area (Å²) in [5, 5.41) is 9.30. The van der Waals surface area contributed by atoms with E-state index in [1.807, 2.05) is 19.2 Å². The van der Waals surface area contributed by atoms with E-state index in [9.17, 15) is 18.0 Å². The molecule has 1 unspecified atom stereocenters. The standard InChI is InChI=1S/C25H23ClF3N5OS/c1-14-12-33(2)21(11-30-14)24-32-23(35)22(36-24)8-15-3-6-20-17(7-15)10-31-34(20)13-16-4-5-18(26)9-19(16)25(27,28)29/h3-10,14,21,30H,11-13H2,1-2H3/t14-,21?/m0/s1. The predicted octanol–water partition coefficient (Wildman–Crippen LogP) is 5.06. The number of likely N-dealkylation sites (N-methyl/N-ethyl adjacent to an activating group) is 1. The van der Waals surface area contributed by atoms with Crippen molar-refractivity contribution in [3.8, 4) is 0 Å². The lowest BCUT2D eigenvalue weighted by Crippen LogP contribution is -2.56. The number of nitrogens with one attached hydrogen (secondary N) is 1. The molecule has 0 spiro atoms. The Balaban J connectivity index is 1.36. The molecule has 3 heterocycles. The number of piperazine rings is 1. The van der Waals surface area contributed by atoms with Crippen molar-refractivity contribution in [2.75, 3.05) is 20.1 Å². The molecular formula is C25H23ClF3N5OS. The molecule has 1 aromatic heterocycles. The van der Waals surface area contributed by atoms with Gasteiger partial charge in [-0.3, -0.25) is 14.4 Å². The summed E-state index contributed by atoms with van der Waals surface area (Å²) in [5.41, 5.74) is 0.783. The van der Waals surface area contributed by atoms with Crippen LogP contribution in [0.1, 0.15) is 23.6 Å². The first-order chi connectivity index (χ1) is 17.1. The van der Waals surface area contributed by atoms with Crippen LogP contribution >= 0.6 is 23.4 Å². The van der Waals surface area contributed by atoms with Crippen molar-refractivity contribution in [3.63, 3.8) is 0 Å². The molecule has 1 amide bonds. The van der Waals surface area contributed by atoms with E-state index in [1.165, 1.54) is 28.6 Å². The van der Waals surface area contributed by atoms with Crippen molar-refractivity contribution in [1.82, 2.24) is 20.0 Å². The zero-order chi connectivity index (χ0) is 25.6. The highest BCUT2D eigenvalue weighted by Crippen LogP contribution is 2.35. The van der Waals surface area contributed by atoms with Crippen molar-refractivity contribution in [2.24, 2.45) is 4.99 Å². The normalized spacial score (nSPS) is 22.6. The van der Waals surface area contributed by atoms with Crippen LogP contribution in [0.15, 0.2) is 52.5 Å². The van der Waals surface area contributed by atoms with Gasteiger partial charge < -0.3 is 5.32 Å². The third kappa shape index (κ3) is 5.08. The lowest BCUT2D eigenvalue weighted by Gasteiger charge is -2.36. The average Bonchev–Trinajstić information content (AvgIpc) is 3.37. The van der Waals surface area contributed by atoms with Gasteiger partial charge in [0.05, 0.1) is 34.8 Å². The molecular weight excluding hydrogens is 511 g/mol. The molecule has 36 heavy (non-hydrogen) atoms. The lowest BCUT2D eigenvalue weighted by molar-refractivity contribution is -0.138. The van der Waals surface area contributed by atoms with Gasteiger partial charge in [-0.2, -0.15) is 18.3 Å². The molecule has 1 saturated heterocycles. The molecule has 2 aliphatic rings. The van der Waals surface area contributed by atoms with E-state index in [-0.39, 0.29) is 29.1 Å². The first-order valence-corrected chi connectivity index (χ1v) is 12.6. The number of rotatable bonds is 4. The van der Waals surface area contributed by atoms with E-state index in [0.717, 1.165) is 35.1 Å². The van der Waals surface area contributed by atoms with E-state index < -0.39 is 11.7 Å². The van der Waals surface area contributed by atoms with Crippen LogP contribution in [0.25, 0.3) is 17.0 Å². The molecule has 11 heteroatoms. The Morgan fingerprint density at radius 2 is 2.06 bits per heavy atom. The molecule has 2 aromatic carbocycles. The zero-order valence-electron chi connectivity index (χ0n) is 19.5. The van der Waals surface area contributed by atoms with Gasteiger partial charge in [-0.1, -0.05) is 35.5 Å². The third-order valence-corrected chi connectivity index (χ3v) is 7.66. The number of nitrogens with zero attached hydrogens (tertiary/aromatic N) is 4. The summed E-state index contributed by atoms with van der Waals surface area (Å²) in [7, 11) is 2.03. The SMILES string of the molecule is C[C@H]1CN(C)C(C2=NC(=O)C(=Cc3ccc4c(cnn4Cc4ccc(Cl)cc4C(F)(F)F)c3)S2)CN1. The number of aliphatic imine (C=N–C) groups is 1. The van der Waals surface area contributed by atoms with Crippen LogP contribution in [-0.4, -0.2) is 57.9 Å². The number of aromatic nitrogens is 2. The van der Waals surface area contributed by atoms with Crippen LogP contribution in [0, 0.1) is 0 Å². The Kier molecular flexibility index (Phi) is 6.71. The molecule has 0 aliphatic carbocycles. The third-order valence-electron chi connectivity index (χ3n) is 6.34. The van der Waals surface area contributed by atoms with E-state index >= 15 is 0 Å². The summed E-state index contributed by atoms with van der Waals surface area (Å²) < 4.78 is 42.0. The minimum atomic E-state index is -4.52. The fourth-order valence-electron chi connectivity index (χ4n) is 4.52. The van der Waals surface area contributed by atoms with Gasteiger partial charge in [0.1, 0.15) is 5.04 Å². The fraction of sp³-hybridized carbons (Fsp3) is 0.320. The van der Waals surface area contributed by atoms with Gasteiger partial charge in [0.2, 0.25) is 0 Å². The topological polar surface area (TPSA) is 62.5 Å². The Morgan fingerprint density at radius 1 is 1.25 bits per heavy atom. The van der Waals surface area contributed by atoms with Gasteiger partial charge in [0, 0.05) is 29.5 Å². The number of benzene rings is 2. The summed E-state index contributed by atoms with van der Waals surface area (Å²) in [6, 6.07) is 9.66. The van der Waals surface area contributed by atoms with Crippen LogP contribution in [0.4, 0.5) is 13.2 Å². The maximum atomic E-state index is 13.5. The van der Waals surface area contributed by atoms with Gasteiger partial charge in [-0.25, -0.2) is 4.99 Å². The number of carbonyl (C=O) groups is 1. The molecule has 2 atom stereocenters. The number of halogens is 4. The molecule has 1 N–H and O–H groups in total. The van der Waals surface area contributed by atoms with Crippen LogP contribution < -0.4 is 5.32 Å². The minimum Gasteiger partial charge on any atom is -0.311 e. The largest absolute Gasteiger partial charge is 0.416 e. The Bertz CT molecular complexity index is 1400. The Hall–Kier alpha value is -2.66. The molecule has 6 nitrogen and oxygen atoms in total.